The van der Waals surface area contributed by atoms with E-state index in [4.69, 9.17) is 0 Å². The maximum absolute atomic E-state index is 11.7. The quantitative estimate of drug-likeness (QED) is 0.642. The van der Waals surface area contributed by atoms with E-state index in [1.165, 1.54) is 24.7 Å². The van der Waals surface area contributed by atoms with Crippen molar-refractivity contribution in [2.45, 2.75) is 0 Å². The highest BCUT2D eigenvalue weighted by molar-refractivity contribution is 6.05. The molecule has 0 unspecified atom stereocenters. The van der Waals surface area contributed by atoms with Crippen LogP contribution in [0.3, 0.4) is 0 Å². The molecule has 2 rings (SSSR count). The molecule has 0 aliphatic heterocycles. The van der Waals surface area contributed by atoms with Crippen LogP contribution >= 0.6 is 0 Å². The minimum absolute atomic E-state index is 0.166. The van der Waals surface area contributed by atoms with Crippen molar-refractivity contribution in [1.82, 2.24) is 9.97 Å². The molecule has 84 valence electrons. The molecule has 4 heteroatoms. The Labute approximate surface area is 98.3 Å². The Morgan fingerprint density at radius 1 is 1.29 bits per heavy atom. The first-order chi connectivity index (χ1) is 8.25. The van der Waals surface area contributed by atoms with Crippen LogP contribution < -0.4 is 0 Å². The van der Waals surface area contributed by atoms with Gasteiger partial charge in [-0.1, -0.05) is 18.2 Å². The number of benzene rings is 1. The molecule has 1 N–H and O–H groups in total. The number of ketones is 1. The van der Waals surface area contributed by atoms with Crippen LogP contribution in [0.25, 0.3) is 6.08 Å². The standard InChI is InChI=1S/C13H10N2O2/c16-11-3-1-2-10(8-11)4-5-13(17)12-9-14-6-7-15-12/h1-9,16H/b5-4+. The lowest BCUT2D eigenvalue weighted by Crippen LogP contribution is -1.97. The monoisotopic (exact) mass is 226 g/mol. The summed E-state index contributed by atoms with van der Waals surface area (Å²) in [4.78, 5) is 19.4. The van der Waals surface area contributed by atoms with Crippen molar-refractivity contribution in [3.63, 3.8) is 0 Å². The molecule has 0 aliphatic carbocycles. The van der Waals surface area contributed by atoms with Gasteiger partial charge in [0.1, 0.15) is 11.4 Å². The molecule has 0 saturated heterocycles. The Morgan fingerprint density at radius 2 is 2.18 bits per heavy atom. The molecule has 0 aliphatic rings. The average molecular weight is 226 g/mol. The highest BCUT2D eigenvalue weighted by Gasteiger charge is 2.01. The third kappa shape index (κ3) is 2.98. The first-order valence-corrected chi connectivity index (χ1v) is 5.03. The third-order valence-corrected chi connectivity index (χ3v) is 2.11. The zero-order valence-corrected chi connectivity index (χ0v) is 8.95. The topological polar surface area (TPSA) is 63.1 Å². The van der Waals surface area contributed by atoms with Gasteiger partial charge in [0.2, 0.25) is 5.78 Å². The second kappa shape index (κ2) is 5.03. The predicted molar refractivity (Wildman–Crippen MR) is 63.5 cm³/mol. The molecular formula is C13H10N2O2. The Morgan fingerprint density at radius 3 is 2.88 bits per heavy atom. The molecule has 0 saturated carbocycles. The Hall–Kier alpha value is -2.49. The molecule has 1 heterocycles. The molecule has 0 amide bonds. The fourth-order valence-corrected chi connectivity index (χ4v) is 1.31. The molecular weight excluding hydrogens is 216 g/mol. The van der Waals surface area contributed by atoms with Crippen molar-refractivity contribution in [3.05, 3.63) is 60.2 Å². The number of hydrogen-bond acceptors (Lipinski definition) is 4. The summed E-state index contributed by atoms with van der Waals surface area (Å²) in [5.74, 6) is -0.0551. The van der Waals surface area contributed by atoms with Crippen molar-refractivity contribution in [3.8, 4) is 5.75 Å². The van der Waals surface area contributed by atoms with Gasteiger partial charge in [-0.15, -0.1) is 0 Å². The molecule has 0 atom stereocenters. The molecule has 4 nitrogen and oxygen atoms in total. The zero-order chi connectivity index (χ0) is 12.1. The van der Waals surface area contributed by atoms with E-state index in [9.17, 15) is 9.90 Å². The largest absolute Gasteiger partial charge is 0.508 e. The van der Waals surface area contributed by atoms with Gasteiger partial charge in [0, 0.05) is 12.4 Å². The number of phenols is 1. The maximum atomic E-state index is 11.7. The van der Waals surface area contributed by atoms with Gasteiger partial charge in [-0.3, -0.25) is 9.78 Å². The lowest BCUT2D eigenvalue weighted by molar-refractivity contribution is 0.104. The van der Waals surface area contributed by atoms with Crippen LogP contribution in [0.2, 0.25) is 0 Å². The van der Waals surface area contributed by atoms with Gasteiger partial charge in [0.25, 0.3) is 0 Å². The van der Waals surface area contributed by atoms with E-state index in [2.05, 4.69) is 9.97 Å². The fraction of sp³-hybridized carbons (Fsp3) is 0. The van der Waals surface area contributed by atoms with Gasteiger partial charge in [-0.25, -0.2) is 4.98 Å². The Kier molecular flexibility index (Phi) is 3.25. The average Bonchev–Trinajstić information content (AvgIpc) is 2.37. The number of phenolic OH excluding ortho intramolecular Hbond substituents is 1. The number of aromatic nitrogens is 2. The van der Waals surface area contributed by atoms with E-state index in [1.807, 2.05) is 0 Å². The first-order valence-electron chi connectivity index (χ1n) is 5.03. The first kappa shape index (κ1) is 11.0. The molecule has 17 heavy (non-hydrogen) atoms. The lowest BCUT2D eigenvalue weighted by Gasteiger charge is -1.95. The number of allylic oxidation sites excluding steroid dienone is 1. The minimum Gasteiger partial charge on any atom is -0.508 e. The lowest BCUT2D eigenvalue weighted by atomic mass is 10.1. The SMILES string of the molecule is O=C(/C=C/c1cccc(O)c1)c1cnccn1. The van der Waals surface area contributed by atoms with E-state index in [1.54, 1.807) is 30.3 Å². The van der Waals surface area contributed by atoms with E-state index in [0.29, 0.717) is 5.69 Å². The molecule has 0 spiro atoms. The van der Waals surface area contributed by atoms with Crippen LogP contribution in [-0.4, -0.2) is 20.9 Å². The normalized spacial score (nSPS) is 10.6. The summed E-state index contributed by atoms with van der Waals surface area (Å²) in [6.45, 7) is 0. The van der Waals surface area contributed by atoms with Gasteiger partial charge in [0.05, 0.1) is 6.20 Å². The fourth-order valence-electron chi connectivity index (χ4n) is 1.31. The number of hydrogen-bond donors (Lipinski definition) is 1. The number of carbonyl (C=O) groups is 1. The molecule has 1 aromatic carbocycles. The van der Waals surface area contributed by atoms with Crippen molar-refractivity contribution in [2.75, 3.05) is 0 Å². The van der Waals surface area contributed by atoms with Crippen molar-refractivity contribution < 1.29 is 9.90 Å². The van der Waals surface area contributed by atoms with Gasteiger partial charge in [0.15, 0.2) is 0 Å². The van der Waals surface area contributed by atoms with Gasteiger partial charge in [-0.2, -0.15) is 0 Å². The minimum atomic E-state index is -0.221. The van der Waals surface area contributed by atoms with Crippen LogP contribution in [0.4, 0.5) is 0 Å². The summed E-state index contributed by atoms with van der Waals surface area (Å²) < 4.78 is 0. The molecule has 0 bridgehead atoms. The van der Waals surface area contributed by atoms with Crippen molar-refractivity contribution >= 4 is 11.9 Å². The Bertz CT molecular complexity index is 550. The number of rotatable bonds is 3. The predicted octanol–water partition coefficient (Wildman–Crippen LogP) is 2.08. The summed E-state index contributed by atoms with van der Waals surface area (Å²) in [6, 6.07) is 6.64. The molecule has 0 radical (unpaired) electrons. The van der Waals surface area contributed by atoms with Crippen LogP contribution in [0, 0.1) is 0 Å². The van der Waals surface area contributed by atoms with Gasteiger partial charge < -0.3 is 5.11 Å². The van der Waals surface area contributed by atoms with Gasteiger partial charge in [-0.05, 0) is 23.8 Å². The zero-order valence-electron chi connectivity index (χ0n) is 8.95. The van der Waals surface area contributed by atoms with Gasteiger partial charge >= 0.3 is 0 Å². The van der Waals surface area contributed by atoms with Crippen LogP contribution in [0.5, 0.6) is 5.75 Å². The highest BCUT2D eigenvalue weighted by atomic mass is 16.3. The van der Waals surface area contributed by atoms with Crippen LogP contribution in [0.1, 0.15) is 16.1 Å². The van der Waals surface area contributed by atoms with Crippen LogP contribution in [0.15, 0.2) is 48.9 Å². The number of nitrogens with zero attached hydrogens (tertiary/aromatic N) is 2. The highest BCUT2D eigenvalue weighted by Crippen LogP contribution is 2.12. The van der Waals surface area contributed by atoms with E-state index >= 15 is 0 Å². The molecule has 1 aromatic heterocycles. The van der Waals surface area contributed by atoms with E-state index in [-0.39, 0.29) is 11.5 Å². The van der Waals surface area contributed by atoms with E-state index in [0.717, 1.165) is 5.56 Å². The number of aromatic hydroxyl groups is 1. The van der Waals surface area contributed by atoms with Crippen molar-refractivity contribution in [2.24, 2.45) is 0 Å². The van der Waals surface area contributed by atoms with Crippen molar-refractivity contribution in [1.29, 1.82) is 0 Å². The van der Waals surface area contributed by atoms with Crippen LogP contribution in [-0.2, 0) is 0 Å². The summed E-state index contributed by atoms with van der Waals surface area (Å²) in [5, 5.41) is 9.25. The summed E-state index contributed by atoms with van der Waals surface area (Å²) in [6.07, 6.45) is 7.41. The summed E-state index contributed by atoms with van der Waals surface area (Å²) in [5.41, 5.74) is 1.05. The molecule has 2 aromatic rings. The second-order valence-electron chi connectivity index (χ2n) is 3.38. The molecule has 0 fully saturated rings. The van der Waals surface area contributed by atoms with E-state index < -0.39 is 0 Å². The summed E-state index contributed by atoms with van der Waals surface area (Å²) in [7, 11) is 0. The summed E-state index contributed by atoms with van der Waals surface area (Å²) >= 11 is 0. The maximum Gasteiger partial charge on any atom is 0.205 e. The third-order valence-electron chi connectivity index (χ3n) is 2.11. The second-order valence-corrected chi connectivity index (χ2v) is 3.38. The number of carbonyl (C=O) groups excluding carboxylic acids is 1. The smallest absolute Gasteiger partial charge is 0.205 e. The Balaban J connectivity index is 2.14.